The standard InChI is InChI=1S/C16H15NO3S/c18-15-6-4-11-2-1-3-13(11)17(15)10-14-12(8-9-21-14)5-7-16(19)20/h4-9H,1-3,10H2,(H,19,20)/b7-5+. The summed E-state index contributed by atoms with van der Waals surface area (Å²) in [5.41, 5.74) is 3.26. The highest BCUT2D eigenvalue weighted by Gasteiger charge is 2.16. The third-order valence-corrected chi connectivity index (χ3v) is 4.66. The second-order valence-corrected chi connectivity index (χ2v) is 6.05. The molecule has 2 aromatic heterocycles. The summed E-state index contributed by atoms with van der Waals surface area (Å²) in [5.74, 6) is -0.968. The first-order valence-electron chi connectivity index (χ1n) is 6.84. The molecule has 2 aromatic rings. The SMILES string of the molecule is O=C(O)/C=C/c1ccsc1Cn1c2c(ccc1=O)CCC2. The third kappa shape index (κ3) is 2.83. The topological polar surface area (TPSA) is 59.3 Å². The van der Waals surface area contributed by atoms with E-state index in [4.69, 9.17) is 5.11 Å². The van der Waals surface area contributed by atoms with Crippen LogP contribution in [-0.4, -0.2) is 15.6 Å². The van der Waals surface area contributed by atoms with Crippen LogP contribution < -0.4 is 5.56 Å². The second-order valence-electron chi connectivity index (χ2n) is 5.05. The summed E-state index contributed by atoms with van der Waals surface area (Å²) in [7, 11) is 0. The number of pyridine rings is 1. The minimum Gasteiger partial charge on any atom is -0.478 e. The van der Waals surface area contributed by atoms with Gasteiger partial charge < -0.3 is 9.67 Å². The number of aromatic nitrogens is 1. The number of rotatable bonds is 4. The van der Waals surface area contributed by atoms with Gasteiger partial charge in [0.05, 0.1) is 6.54 Å². The summed E-state index contributed by atoms with van der Waals surface area (Å²) in [5, 5.41) is 10.6. The highest BCUT2D eigenvalue weighted by atomic mass is 32.1. The zero-order chi connectivity index (χ0) is 14.8. The van der Waals surface area contributed by atoms with Gasteiger partial charge in [0.2, 0.25) is 0 Å². The summed E-state index contributed by atoms with van der Waals surface area (Å²) < 4.78 is 1.83. The molecule has 2 heterocycles. The van der Waals surface area contributed by atoms with Crippen LogP contribution in [0.5, 0.6) is 0 Å². The van der Waals surface area contributed by atoms with Gasteiger partial charge in [-0.05, 0) is 47.9 Å². The number of aliphatic carboxylic acids is 1. The number of carbonyl (C=O) groups is 1. The van der Waals surface area contributed by atoms with E-state index in [-0.39, 0.29) is 5.56 Å². The molecule has 1 N–H and O–H groups in total. The Morgan fingerprint density at radius 1 is 1.33 bits per heavy atom. The summed E-state index contributed by atoms with van der Waals surface area (Å²) >= 11 is 1.55. The molecule has 0 bridgehead atoms. The second kappa shape index (κ2) is 5.69. The zero-order valence-electron chi connectivity index (χ0n) is 11.4. The Labute approximate surface area is 126 Å². The van der Waals surface area contributed by atoms with Gasteiger partial charge in [0, 0.05) is 22.7 Å². The summed E-state index contributed by atoms with van der Waals surface area (Å²) in [6.07, 6.45) is 5.78. The van der Waals surface area contributed by atoms with E-state index < -0.39 is 5.97 Å². The van der Waals surface area contributed by atoms with Gasteiger partial charge in [0.1, 0.15) is 0 Å². The van der Waals surface area contributed by atoms with Crippen LogP contribution in [-0.2, 0) is 24.2 Å². The summed E-state index contributed by atoms with van der Waals surface area (Å²) in [4.78, 5) is 23.8. The van der Waals surface area contributed by atoms with Crippen LogP contribution in [0.1, 0.15) is 28.1 Å². The molecule has 5 heteroatoms. The van der Waals surface area contributed by atoms with E-state index in [1.807, 2.05) is 22.1 Å². The van der Waals surface area contributed by atoms with Crippen molar-refractivity contribution >= 4 is 23.4 Å². The molecular formula is C16H15NO3S. The van der Waals surface area contributed by atoms with E-state index in [1.54, 1.807) is 23.5 Å². The fourth-order valence-electron chi connectivity index (χ4n) is 2.74. The lowest BCUT2D eigenvalue weighted by Crippen LogP contribution is -2.23. The first kappa shape index (κ1) is 13.8. The van der Waals surface area contributed by atoms with Crippen molar-refractivity contribution < 1.29 is 9.90 Å². The maximum Gasteiger partial charge on any atom is 0.328 e. The van der Waals surface area contributed by atoms with E-state index in [9.17, 15) is 9.59 Å². The van der Waals surface area contributed by atoms with Crippen molar-refractivity contribution in [2.45, 2.75) is 25.8 Å². The maximum atomic E-state index is 12.1. The number of carboxylic acids is 1. The predicted octanol–water partition coefficient (Wildman–Crippen LogP) is 2.54. The molecule has 1 aliphatic rings. The van der Waals surface area contributed by atoms with E-state index in [1.165, 1.54) is 5.56 Å². The molecule has 1 aliphatic carbocycles. The molecular weight excluding hydrogens is 286 g/mol. The van der Waals surface area contributed by atoms with Gasteiger partial charge >= 0.3 is 5.97 Å². The Hall–Kier alpha value is -2.14. The third-order valence-electron chi connectivity index (χ3n) is 3.74. The smallest absolute Gasteiger partial charge is 0.328 e. The molecule has 0 fully saturated rings. The molecule has 0 saturated heterocycles. The van der Waals surface area contributed by atoms with Gasteiger partial charge in [-0.2, -0.15) is 0 Å². The van der Waals surface area contributed by atoms with Crippen molar-refractivity contribution in [1.29, 1.82) is 0 Å². The number of aryl methyl sites for hydroxylation is 1. The van der Waals surface area contributed by atoms with E-state index in [0.29, 0.717) is 6.54 Å². The largest absolute Gasteiger partial charge is 0.478 e. The van der Waals surface area contributed by atoms with Crippen LogP contribution >= 0.6 is 11.3 Å². The van der Waals surface area contributed by atoms with Gasteiger partial charge in [-0.25, -0.2) is 4.79 Å². The Morgan fingerprint density at radius 2 is 2.19 bits per heavy atom. The fourth-order valence-corrected chi connectivity index (χ4v) is 3.59. The molecule has 0 unspecified atom stereocenters. The van der Waals surface area contributed by atoms with Crippen molar-refractivity contribution in [1.82, 2.24) is 4.57 Å². The Balaban J connectivity index is 1.96. The zero-order valence-corrected chi connectivity index (χ0v) is 12.2. The lowest BCUT2D eigenvalue weighted by atomic mass is 10.2. The van der Waals surface area contributed by atoms with Crippen molar-refractivity contribution in [3.63, 3.8) is 0 Å². The molecule has 0 radical (unpaired) electrons. The van der Waals surface area contributed by atoms with E-state index in [0.717, 1.165) is 41.5 Å². The first-order valence-corrected chi connectivity index (χ1v) is 7.72. The Morgan fingerprint density at radius 3 is 3.00 bits per heavy atom. The highest BCUT2D eigenvalue weighted by Crippen LogP contribution is 2.24. The van der Waals surface area contributed by atoms with E-state index in [2.05, 4.69) is 0 Å². The minimum atomic E-state index is -0.968. The van der Waals surface area contributed by atoms with Crippen LogP contribution in [0.2, 0.25) is 0 Å². The van der Waals surface area contributed by atoms with E-state index >= 15 is 0 Å². The fraction of sp³-hybridized carbons (Fsp3) is 0.250. The minimum absolute atomic E-state index is 0.0113. The van der Waals surface area contributed by atoms with Gasteiger partial charge in [0.25, 0.3) is 5.56 Å². The molecule has 0 amide bonds. The molecule has 21 heavy (non-hydrogen) atoms. The monoisotopic (exact) mass is 301 g/mol. The number of fused-ring (bicyclic) bond motifs is 1. The maximum absolute atomic E-state index is 12.1. The van der Waals surface area contributed by atoms with Gasteiger partial charge in [-0.3, -0.25) is 4.79 Å². The molecule has 4 nitrogen and oxygen atoms in total. The van der Waals surface area contributed by atoms with Crippen LogP contribution in [0.4, 0.5) is 0 Å². The van der Waals surface area contributed by atoms with Crippen LogP contribution in [0.3, 0.4) is 0 Å². The quantitative estimate of drug-likeness (QED) is 0.883. The van der Waals surface area contributed by atoms with Crippen LogP contribution in [0.25, 0.3) is 6.08 Å². The number of hydrogen-bond acceptors (Lipinski definition) is 3. The van der Waals surface area contributed by atoms with Crippen LogP contribution in [0, 0.1) is 0 Å². The number of thiophene rings is 1. The average Bonchev–Trinajstić information content (AvgIpc) is 3.08. The average molecular weight is 301 g/mol. The predicted molar refractivity (Wildman–Crippen MR) is 82.8 cm³/mol. The molecule has 3 rings (SSSR count). The highest BCUT2D eigenvalue weighted by molar-refractivity contribution is 7.10. The van der Waals surface area contributed by atoms with Gasteiger partial charge in [-0.1, -0.05) is 6.07 Å². The van der Waals surface area contributed by atoms with Crippen LogP contribution in [0.15, 0.2) is 34.4 Å². The number of hydrogen-bond donors (Lipinski definition) is 1. The Bertz CT molecular complexity index is 770. The number of nitrogens with zero attached hydrogens (tertiary/aromatic N) is 1. The molecule has 0 aliphatic heterocycles. The molecule has 108 valence electrons. The first-order chi connectivity index (χ1) is 10.1. The number of carboxylic acid groups (broad SMARTS) is 1. The summed E-state index contributed by atoms with van der Waals surface area (Å²) in [6, 6.07) is 5.44. The van der Waals surface area contributed by atoms with Crippen molar-refractivity contribution in [2.24, 2.45) is 0 Å². The lowest BCUT2D eigenvalue weighted by molar-refractivity contribution is -0.131. The molecule has 0 atom stereocenters. The molecule has 0 saturated carbocycles. The van der Waals surface area contributed by atoms with Gasteiger partial charge in [0.15, 0.2) is 0 Å². The van der Waals surface area contributed by atoms with Crippen molar-refractivity contribution in [2.75, 3.05) is 0 Å². The van der Waals surface area contributed by atoms with Gasteiger partial charge in [-0.15, -0.1) is 11.3 Å². The molecule has 0 aromatic carbocycles. The lowest BCUT2D eigenvalue weighted by Gasteiger charge is -2.11. The summed E-state index contributed by atoms with van der Waals surface area (Å²) in [6.45, 7) is 0.513. The molecule has 0 spiro atoms. The van der Waals surface area contributed by atoms with Crippen molar-refractivity contribution in [3.8, 4) is 0 Å². The normalized spacial score (nSPS) is 13.7. The van der Waals surface area contributed by atoms with Crippen molar-refractivity contribution in [3.05, 3.63) is 61.7 Å². The Kier molecular flexibility index (Phi) is 3.75.